The third-order valence-corrected chi connectivity index (χ3v) is 3.78. The van der Waals surface area contributed by atoms with Gasteiger partial charge in [0.05, 0.1) is 12.1 Å². The van der Waals surface area contributed by atoms with Gasteiger partial charge in [-0.25, -0.2) is 0 Å². The monoisotopic (exact) mass is 324 g/mol. The molecule has 2 aromatic carbocycles. The molecule has 0 amide bonds. The van der Waals surface area contributed by atoms with Gasteiger partial charge in [0.15, 0.2) is 0 Å². The number of benzene rings is 2. The van der Waals surface area contributed by atoms with Crippen LogP contribution in [0.5, 0.6) is 5.75 Å². The molecule has 6 heteroatoms. The van der Waals surface area contributed by atoms with E-state index in [1.807, 2.05) is 42.5 Å². The van der Waals surface area contributed by atoms with Gasteiger partial charge in [-0.15, -0.1) is 10.2 Å². The summed E-state index contributed by atoms with van der Waals surface area (Å²) in [6.07, 6.45) is 1.16. The summed E-state index contributed by atoms with van der Waals surface area (Å²) in [6.45, 7) is 0. The third-order valence-electron chi connectivity index (χ3n) is 3.78. The molecular formula is C18H20N4O2. The lowest BCUT2D eigenvalue weighted by Gasteiger charge is -2.08. The molecule has 3 aromatic rings. The number of rotatable bonds is 6. The Kier molecular flexibility index (Phi) is 4.88. The molecule has 0 saturated heterocycles. The predicted molar refractivity (Wildman–Crippen MR) is 90.1 cm³/mol. The Hall–Kier alpha value is -2.70. The van der Waals surface area contributed by atoms with Crippen molar-refractivity contribution in [2.45, 2.75) is 24.9 Å². The number of hydrogen-bond acceptors (Lipinski definition) is 6. The minimum atomic E-state index is -0.417. The summed E-state index contributed by atoms with van der Waals surface area (Å²) in [4.78, 5) is 0. The predicted octanol–water partition coefficient (Wildman–Crippen LogP) is 2.26. The van der Waals surface area contributed by atoms with Crippen molar-refractivity contribution in [3.63, 3.8) is 0 Å². The number of hydrogen-bond donors (Lipinski definition) is 3. The van der Waals surface area contributed by atoms with Crippen molar-refractivity contribution in [1.82, 2.24) is 10.2 Å². The van der Waals surface area contributed by atoms with E-state index >= 15 is 0 Å². The van der Waals surface area contributed by atoms with Gasteiger partial charge in [-0.1, -0.05) is 42.5 Å². The summed E-state index contributed by atoms with van der Waals surface area (Å²) in [7, 11) is 0. The highest BCUT2D eigenvalue weighted by atomic mass is 16.4. The van der Waals surface area contributed by atoms with Crippen molar-refractivity contribution < 1.29 is 9.52 Å². The molecule has 1 aromatic heterocycles. The van der Waals surface area contributed by atoms with Crippen molar-refractivity contribution in [3.05, 3.63) is 77.5 Å². The van der Waals surface area contributed by atoms with Crippen LogP contribution in [0.2, 0.25) is 0 Å². The minimum Gasteiger partial charge on any atom is -0.508 e. The van der Waals surface area contributed by atoms with Crippen LogP contribution in [0.3, 0.4) is 0 Å². The van der Waals surface area contributed by atoms with E-state index in [1.165, 1.54) is 0 Å². The summed E-state index contributed by atoms with van der Waals surface area (Å²) in [5.74, 6) is 0.968. The van der Waals surface area contributed by atoms with Crippen molar-refractivity contribution in [2.24, 2.45) is 11.5 Å². The first kappa shape index (κ1) is 16.2. The number of phenols is 1. The molecule has 0 aliphatic carbocycles. The number of aromatic hydroxyl groups is 1. The van der Waals surface area contributed by atoms with Gasteiger partial charge < -0.3 is 21.0 Å². The molecule has 0 unspecified atom stereocenters. The lowest BCUT2D eigenvalue weighted by Crippen LogP contribution is -2.14. The summed E-state index contributed by atoms with van der Waals surface area (Å²) >= 11 is 0. The lowest BCUT2D eigenvalue weighted by atomic mass is 10.1. The van der Waals surface area contributed by atoms with E-state index in [-0.39, 0.29) is 11.8 Å². The molecule has 0 spiro atoms. The zero-order chi connectivity index (χ0) is 16.9. The molecular weight excluding hydrogens is 304 g/mol. The molecule has 24 heavy (non-hydrogen) atoms. The molecule has 1 heterocycles. The van der Waals surface area contributed by atoms with Crippen LogP contribution < -0.4 is 11.5 Å². The average molecular weight is 324 g/mol. The molecule has 0 saturated carbocycles. The first-order chi connectivity index (χ1) is 11.6. The van der Waals surface area contributed by atoms with Gasteiger partial charge in [-0.3, -0.25) is 0 Å². The highest BCUT2D eigenvalue weighted by Gasteiger charge is 2.19. The summed E-state index contributed by atoms with van der Waals surface area (Å²) < 4.78 is 5.65. The highest BCUT2D eigenvalue weighted by Crippen LogP contribution is 2.20. The molecule has 6 nitrogen and oxygen atoms in total. The van der Waals surface area contributed by atoms with Gasteiger partial charge in [0, 0.05) is 0 Å². The van der Waals surface area contributed by atoms with Gasteiger partial charge in [0.25, 0.3) is 0 Å². The summed E-state index contributed by atoms with van der Waals surface area (Å²) in [5.41, 5.74) is 14.4. The Morgan fingerprint density at radius 2 is 1.29 bits per heavy atom. The molecule has 124 valence electrons. The fourth-order valence-electron chi connectivity index (χ4n) is 2.47. The Morgan fingerprint density at radius 3 is 1.83 bits per heavy atom. The fourth-order valence-corrected chi connectivity index (χ4v) is 2.47. The van der Waals surface area contributed by atoms with Crippen molar-refractivity contribution in [3.8, 4) is 5.75 Å². The lowest BCUT2D eigenvalue weighted by molar-refractivity contribution is 0.391. The summed E-state index contributed by atoms with van der Waals surface area (Å²) in [5, 5.41) is 17.4. The maximum atomic E-state index is 9.31. The minimum absolute atomic E-state index is 0.222. The van der Waals surface area contributed by atoms with Crippen LogP contribution in [0.1, 0.15) is 35.0 Å². The van der Waals surface area contributed by atoms with E-state index in [1.54, 1.807) is 12.1 Å². The van der Waals surface area contributed by atoms with Gasteiger partial charge in [0.2, 0.25) is 11.8 Å². The van der Waals surface area contributed by atoms with Crippen molar-refractivity contribution in [1.29, 1.82) is 0 Å². The van der Waals surface area contributed by atoms with Gasteiger partial charge >= 0.3 is 0 Å². The number of aromatic nitrogens is 2. The topological polar surface area (TPSA) is 111 Å². The van der Waals surface area contributed by atoms with Crippen LogP contribution >= 0.6 is 0 Å². The van der Waals surface area contributed by atoms with Gasteiger partial charge in [-0.2, -0.15) is 0 Å². The number of nitrogens with zero attached hydrogens (tertiary/aromatic N) is 2. The first-order valence-electron chi connectivity index (χ1n) is 7.78. The quantitative estimate of drug-likeness (QED) is 0.641. The van der Waals surface area contributed by atoms with E-state index in [0.717, 1.165) is 11.1 Å². The maximum absolute atomic E-state index is 9.31. The average Bonchev–Trinajstić information content (AvgIpc) is 3.08. The normalized spacial score (nSPS) is 13.6. The summed E-state index contributed by atoms with van der Waals surface area (Å²) in [6, 6.07) is 16.0. The molecule has 0 bridgehead atoms. The Bertz CT molecular complexity index is 771. The molecule has 0 aliphatic rings. The van der Waals surface area contributed by atoms with Crippen LogP contribution in [0.25, 0.3) is 0 Å². The zero-order valence-electron chi connectivity index (χ0n) is 13.2. The van der Waals surface area contributed by atoms with E-state index in [2.05, 4.69) is 10.2 Å². The Balaban J connectivity index is 1.64. The van der Waals surface area contributed by atoms with Gasteiger partial charge in [-0.05, 0) is 36.1 Å². The van der Waals surface area contributed by atoms with Crippen molar-refractivity contribution in [2.75, 3.05) is 0 Å². The first-order valence-corrected chi connectivity index (χ1v) is 7.78. The van der Waals surface area contributed by atoms with Crippen LogP contribution in [-0.4, -0.2) is 15.3 Å². The third kappa shape index (κ3) is 3.98. The highest BCUT2D eigenvalue weighted by molar-refractivity contribution is 5.26. The second kappa shape index (κ2) is 7.25. The Morgan fingerprint density at radius 1 is 0.792 bits per heavy atom. The molecule has 5 N–H and O–H groups in total. The van der Waals surface area contributed by atoms with Crippen LogP contribution in [-0.2, 0) is 12.8 Å². The second-order valence-corrected chi connectivity index (χ2v) is 5.75. The van der Waals surface area contributed by atoms with Gasteiger partial charge in [0.1, 0.15) is 5.75 Å². The second-order valence-electron chi connectivity index (χ2n) is 5.75. The van der Waals surface area contributed by atoms with Crippen LogP contribution in [0.15, 0.2) is 59.0 Å². The maximum Gasteiger partial charge on any atom is 0.233 e. The molecule has 2 atom stereocenters. The van der Waals surface area contributed by atoms with Crippen LogP contribution in [0, 0.1) is 0 Å². The molecule has 0 aliphatic heterocycles. The van der Waals surface area contributed by atoms with Crippen molar-refractivity contribution >= 4 is 0 Å². The smallest absolute Gasteiger partial charge is 0.233 e. The number of phenolic OH excluding ortho intramolecular Hbond substituents is 1. The Labute approximate surface area is 140 Å². The number of nitrogens with two attached hydrogens (primary N) is 2. The van der Waals surface area contributed by atoms with E-state index in [4.69, 9.17) is 15.9 Å². The fraction of sp³-hybridized carbons (Fsp3) is 0.222. The standard InChI is InChI=1S/C18H20N4O2/c19-15(10-12-4-2-1-3-5-12)17-21-22-18(24-17)16(20)11-13-6-8-14(23)9-7-13/h1-9,15-16,23H,10-11,19-20H2/t15-,16-/m0/s1. The van der Waals surface area contributed by atoms with E-state index in [0.29, 0.717) is 24.6 Å². The molecule has 0 fully saturated rings. The van der Waals surface area contributed by atoms with E-state index < -0.39 is 6.04 Å². The largest absolute Gasteiger partial charge is 0.508 e. The molecule has 0 radical (unpaired) electrons. The van der Waals surface area contributed by atoms with E-state index in [9.17, 15) is 5.11 Å². The SMILES string of the molecule is N[C@@H](Cc1ccccc1)c1nnc([C@@H](N)Cc2ccc(O)cc2)o1. The van der Waals surface area contributed by atoms with Crippen LogP contribution in [0.4, 0.5) is 0 Å². The molecule has 3 rings (SSSR count). The zero-order valence-corrected chi connectivity index (χ0v) is 13.2.